The van der Waals surface area contributed by atoms with E-state index in [0.29, 0.717) is 4.47 Å². The van der Waals surface area contributed by atoms with Crippen LogP contribution in [-0.4, -0.2) is 13.0 Å². The normalized spacial score (nSPS) is 11.7. The molecule has 2 aromatic rings. The minimum atomic E-state index is -4.60. The summed E-state index contributed by atoms with van der Waals surface area (Å²) >= 11 is 3.12. The Bertz CT molecular complexity index is 698. The third kappa shape index (κ3) is 2.33. The number of alkyl halides is 3. The first-order valence-corrected chi connectivity index (χ1v) is 6.23. The Morgan fingerprint density at radius 3 is 2.30 bits per heavy atom. The van der Waals surface area contributed by atoms with Crippen LogP contribution in [0.25, 0.3) is 10.8 Å². The van der Waals surface area contributed by atoms with Gasteiger partial charge in [0.2, 0.25) is 5.91 Å². The number of benzene rings is 2. The number of nitrogens with two attached hydrogens (primary N) is 1. The number of amides is 1. The monoisotopic (exact) mass is 347 g/mol. The molecule has 2 N–H and O–H groups in total. The molecule has 2 rings (SSSR count). The van der Waals surface area contributed by atoms with Crippen molar-refractivity contribution in [3.8, 4) is 5.75 Å². The summed E-state index contributed by atoms with van der Waals surface area (Å²) in [5.41, 5.74) is 4.32. The number of ether oxygens (including phenoxy) is 1. The van der Waals surface area contributed by atoms with E-state index in [1.54, 1.807) is 0 Å². The fraction of sp³-hybridized carbons (Fsp3) is 0.154. The highest BCUT2D eigenvalue weighted by atomic mass is 79.9. The van der Waals surface area contributed by atoms with Crippen LogP contribution in [0.3, 0.4) is 0 Å². The van der Waals surface area contributed by atoms with Crippen LogP contribution >= 0.6 is 15.9 Å². The van der Waals surface area contributed by atoms with Crippen molar-refractivity contribution in [3.63, 3.8) is 0 Å². The highest BCUT2D eigenvalue weighted by Crippen LogP contribution is 2.42. The Hall–Kier alpha value is -1.76. The first kappa shape index (κ1) is 14.6. The van der Waals surface area contributed by atoms with E-state index in [1.807, 2.05) is 0 Å². The zero-order valence-electron chi connectivity index (χ0n) is 10.2. The molecule has 2 aromatic carbocycles. The molecule has 0 heterocycles. The summed E-state index contributed by atoms with van der Waals surface area (Å²) < 4.78 is 44.7. The van der Waals surface area contributed by atoms with Crippen molar-refractivity contribution in [2.24, 2.45) is 5.73 Å². The number of rotatable bonds is 2. The van der Waals surface area contributed by atoms with E-state index < -0.39 is 17.6 Å². The summed E-state index contributed by atoms with van der Waals surface area (Å²) in [7, 11) is 1.16. The molecule has 7 heteroatoms. The molecule has 0 aromatic heterocycles. The van der Waals surface area contributed by atoms with Crippen molar-refractivity contribution in [3.05, 3.63) is 39.9 Å². The lowest BCUT2D eigenvalue weighted by atomic mass is 9.98. The Labute approximate surface area is 120 Å². The smallest absolute Gasteiger partial charge is 0.420 e. The van der Waals surface area contributed by atoms with Crippen LogP contribution in [0.5, 0.6) is 5.75 Å². The van der Waals surface area contributed by atoms with Crippen molar-refractivity contribution in [1.29, 1.82) is 0 Å². The molecule has 0 aliphatic heterocycles. The van der Waals surface area contributed by atoms with Crippen molar-refractivity contribution in [2.45, 2.75) is 6.18 Å². The highest BCUT2D eigenvalue weighted by molar-refractivity contribution is 9.10. The fourth-order valence-electron chi connectivity index (χ4n) is 2.07. The van der Waals surface area contributed by atoms with E-state index in [0.717, 1.165) is 7.11 Å². The van der Waals surface area contributed by atoms with Gasteiger partial charge in [-0.3, -0.25) is 4.79 Å². The maximum absolute atomic E-state index is 13.2. The van der Waals surface area contributed by atoms with Crippen LogP contribution in [-0.2, 0) is 6.18 Å². The van der Waals surface area contributed by atoms with Gasteiger partial charge in [-0.15, -0.1) is 0 Å². The quantitative estimate of drug-likeness (QED) is 0.899. The van der Waals surface area contributed by atoms with Gasteiger partial charge in [0.1, 0.15) is 11.3 Å². The lowest BCUT2D eigenvalue weighted by molar-refractivity contribution is -0.137. The van der Waals surface area contributed by atoms with Gasteiger partial charge in [-0.25, -0.2) is 0 Å². The second-order valence-electron chi connectivity index (χ2n) is 4.02. The Balaban J connectivity index is 2.97. The van der Waals surface area contributed by atoms with Gasteiger partial charge in [0, 0.05) is 4.47 Å². The summed E-state index contributed by atoms with van der Waals surface area (Å²) in [5, 5.41) is -0.00569. The second kappa shape index (κ2) is 4.97. The van der Waals surface area contributed by atoms with E-state index in [1.165, 1.54) is 24.3 Å². The largest absolute Gasteiger partial charge is 0.496 e. The fourth-order valence-corrected chi connectivity index (χ4v) is 2.61. The predicted molar refractivity (Wildman–Crippen MR) is 71.7 cm³/mol. The highest BCUT2D eigenvalue weighted by Gasteiger charge is 2.37. The number of halogens is 4. The first-order valence-electron chi connectivity index (χ1n) is 5.43. The van der Waals surface area contributed by atoms with Crippen molar-refractivity contribution in [1.82, 2.24) is 0 Å². The molecule has 106 valence electrons. The lowest BCUT2D eigenvalue weighted by Crippen LogP contribution is -2.14. The van der Waals surface area contributed by atoms with Gasteiger partial charge < -0.3 is 10.5 Å². The topological polar surface area (TPSA) is 52.3 Å². The summed E-state index contributed by atoms with van der Waals surface area (Å²) in [6.45, 7) is 0. The molecule has 20 heavy (non-hydrogen) atoms. The summed E-state index contributed by atoms with van der Waals surface area (Å²) in [6, 6.07) is 5.19. The molecule has 1 amide bonds. The van der Waals surface area contributed by atoms with Crippen molar-refractivity contribution in [2.75, 3.05) is 7.11 Å². The van der Waals surface area contributed by atoms with E-state index in [9.17, 15) is 18.0 Å². The molecule has 3 nitrogen and oxygen atoms in total. The van der Waals surface area contributed by atoms with Crippen molar-refractivity contribution < 1.29 is 22.7 Å². The average molecular weight is 348 g/mol. The molecule has 0 saturated carbocycles. The summed E-state index contributed by atoms with van der Waals surface area (Å²) in [6.07, 6.45) is -4.60. The maximum Gasteiger partial charge on any atom is 0.420 e. The molecule has 0 spiro atoms. The van der Waals surface area contributed by atoms with E-state index in [4.69, 9.17) is 10.5 Å². The number of primary amides is 1. The molecule has 0 fully saturated rings. The Morgan fingerprint density at radius 2 is 1.80 bits per heavy atom. The molecule has 0 bridgehead atoms. The maximum atomic E-state index is 13.2. The van der Waals surface area contributed by atoms with Gasteiger partial charge in [0.05, 0.1) is 12.7 Å². The van der Waals surface area contributed by atoms with E-state index in [-0.39, 0.29) is 22.1 Å². The Kier molecular flexibility index (Phi) is 3.64. The number of carbonyl (C=O) groups is 1. The lowest BCUT2D eigenvalue weighted by Gasteiger charge is -2.16. The predicted octanol–water partition coefficient (Wildman–Crippen LogP) is 3.73. The van der Waals surface area contributed by atoms with Crippen LogP contribution in [0.15, 0.2) is 28.7 Å². The minimum absolute atomic E-state index is 0.00986. The molecule has 0 atom stereocenters. The van der Waals surface area contributed by atoms with Crippen LogP contribution in [0.4, 0.5) is 13.2 Å². The van der Waals surface area contributed by atoms with E-state index in [2.05, 4.69) is 15.9 Å². The average Bonchev–Trinajstić information content (AvgIpc) is 2.35. The van der Waals surface area contributed by atoms with Gasteiger partial charge in [-0.2, -0.15) is 13.2 Å². The first-order chi connectivity index (χ1) is 9.27. The van der Waals surface area contributed by atoms with Gasteiger partial charge in [-0.1, -0.05) is 6.07 Å². The van der Waals surface area contributed by atoms with Gasteiger partial charge in [0.25, 0.3) is 0 Å². The molecule has 0 aliphatic carbocycles. The number of carbonyl (C=O) groups excluding carboxylic acids is 1. The third-order valence-electron chi connectivity index (χ3n) is 2.86. The minimum Gasteiger partial charge on any atom is -0.496 e. The number of hydrogen-bond acceptors (Lipinski definition) is 2. The molecular weight excluding hydrogens is 339 g/mol. The Morgan fingerprint density at radius 1 is 1.20 bits per heavy atom. The molecule has 0 radical (unpaired) electrons. The molecule has 0 saturated heterocycles. The van der Waals surface area contributed by atoms with Gasteiger partial charge >= 0.3 is 6.18 Å². The standard InChI is InChI=1S/C13H9BrF3NO2/c1-20-9-5-3-6-7(11(9)13(15,16)17)2-4-8(14)10(6)12(18)19/h2-5H,1H3,(H2,18,19). The second-order valence-corrected chi connectivity index (χ2v) is 4.88. The van der Waals surface area contributed by atoms with Gasteiger partial charge in [0.15, 0.2) is 0 Å². The van der Waals surface area contributed by atoms with Crippen LogP contribution < -0.4 is 10.5 Å². The number of fused-ring (bicyclic) bond motifs is 1. The molecular formula is C13H9BrF3NO2. The van der Waals surface area contributed by atoms with E-state index >= 15 is 0 Å². The number of methoxy groups -OCH3 is 1. The zero-order chi connectivity index (χ0) is 15.1. The van der Waals surface area contributed by atoms with Crippen LogP contribution in [0, 0.1) is 0 Å². The third-order valence-corrected chi connectivity index (χ3v) is 3.52. The van der Waals surface area contributed by atoms with Crippen LogP contribution in [0.2, 0.25) is 0 Å². The zero-order valence-corrected chi connectivity index (χ0v) is 11.8. The number of hydrogen-bond donors (Lipinski definition) is 1. The SMILES string of the molecule is COc1ccc2c(C(N)=O)c(Br)ccc2c1C(F)(F)F. The van der Waals surface area contributed by atoms with Crippen molar-refractivity contribution >= 4 is 32.6 Å². The molecule has 0 aliphatic rings. The van der Waals surface area contributed by atoms with Gasteiger partial charge in [-0.05, 0) is 44.9 Å². The summed E-state index contributed by atoms with van der Waals surface area (Å²) in [4.78, 5) is 11.4. The molecule has 0 unspecified atom stereocenters. The summed E-state index contributed by atoms with van der Waals surface area (Å²) in [5.74, 6) is -1.11. The van der Waals surface area contributed by atoms with Crippen LogP contribution in [0.1, 0.15) is 15.9 Å².